The van der Waals surface area contributed by atoms with Gasteiger partial charge < -0.3 is 30.9 Å². The van der Waals surface area contributed by atoms with Crippen LogP contribution in [0.1, 0.15) is 80.8 Å². The molecule has 10 nitrogen and oxygen atoms in total. The summed E-state index contributed by atoms with van der Waals surface area (Å²) in [5.74, 6) is 0.191. The van der Waals surface area contributed by atoms with E-state index in [1.165, 1.54) is 37.4 Å². The van der Waals surface area contributed by atoms with E-state index in [9.17, 15) is 14.7 Å². The normalized spacial score (nSPS) is 23.1. The van der Waals surface area contributed by atoms with Crippen molar-refractivity contribution in [1.29, 1.82) is 0 Å². The van der Waals surface area contributed by atoms with E-state index in [1.54, 1.807) is 19.0 Å². The molecular weight excluding hydrogens is 530 g/mol. The number of nitrogens with zero attached hydrogens (tertiary/aromatic N) is 5. The number of likely N-dealkylation sites (tertiary alicyclic amines) is 1. The van der Waals surface area contributed by atoms with Crippen LogP contribution in [-0.2, 0) is 10.2 Å². The fourth-order valence-corrected chi connectivity index (χ4v) is 7.13. The molecule has 5 rings (SSSR count). The number of carbonyl (C=O) groups is 2. The van der Waals surface area contributed by atoms with Gasteiger partial charge in [-0.3, -0.25) is 9.59 Å². The average molecular weight is 578 g/mol. The Bertz CT molecular complexity index is 1240. The molecule has 2 amide bonds. The number of carbonyl (C=O) groups excluding carboxylic acids is 2. The van der Waals surface area contributed by atoms with Gasteiger partial charge >= 0.3 is 0 Å². The fraction of sp³-hybridized carbons (Fsp3) is 0.625. The van der Waals surface area contributed by atoms with E-state index in [-0.39, 0.29) is 41.4 Å². The molecule has 0 radical (unpaired) electrons. The minimum atomic E-state index is -0.665. The van der Waals surface area contributed by atoms with Crippen LogP contribution in [0.2, 0.25) is 0 Å². The van der Waals surface area contributed by atoms with Crippen LogP contribution in [-0.4, -0.2) is 89.1 Å². The molecule has 42 heavy (non-hydrogen) atoms. The first-order valence-corrected chi connectivity index (χ1v) is 15.5. The molecule has 1 aromatic heterocycles. The van der Waals surface area contributed by atoms with Crippen molar-refractivity contribution in [2.24, 2.45) is 11.7 Å². The first-order valence-electron chi connectivity index (χ1n) is 15.5. The lowest BCUT2D eigenvalue weighted by atomic mass is 9.74. The summed E-state index contributed by atoms with van der Waals surface area (Å²) in [4.78, 5) is 40.1. The number of aliphatic hydroxyl groups excluding tert-OH is 1. The Labute approximate surface area is 249 Å². The number of hydrogen-bond acceptors (Lipinski definition) is 8. The van der Waals surface area contributed by atoms with E-state index in [1.807, 2.05) is 17.0 Å². The Morgan fingerprint density at radius 2 is 1.76 bits per heavy atom. The van der Waals surface area contributed by atoms with E-state index in [0.29, 0.717) is 18.8 Å². The molecule has 3 aliphatic rings. The number of nitrogens with one attached hydrogen (secondary N) is 1. The summed E-state index contributed by atoms with van der Waals surface area (Å²) in [5.41, 5.74) is 8.00. The topological polar surface area (TPSA) is 128 Å². The highest BCUT2D eigenvalue weighted by Gasteiger charge is 2.36. The summed E-state index contributed by atoms with van der Waals surface area (Å²) in [6.45, 7) is 5.25. The predicted octanol–water partition coefficient (Wildman–Crippen LogP) is 3.67. The summed E-state index contributed by atoms with van der Waals surface area (Å²) < 4.78 is 0. The average Bonchev–Trinajstić information content (AvgIpc) is 3.53. The molecule has 1 aliphatic carbocycles. The summed E-state index contributed by atoms with van der Waals surface area (Å²) in [7, 11) is 3.49. The van der Waals surface area contributed by atoms with Gasteiger partial charge in [0.05, 0.1) is 18.8 Å². The summed E-state index contributed by atoms with van der Waals surface area (Å²) in [5, 5.41) is 13.6. The monoisotopic (exact) mass is 577 g/mol. The SMILES string of the molecule is CN(C)C(=O)C[C@H]1CCCN(c2cnc(C(N)=O)c(Nc3ccc(C4(C)CCN(C5CCCC5)CC4)cc3)n2)[C@H]1CO. The van der Waals surface area contributed by atoms with Gasteiger partial charge in [0.25, 0.3) is 5.91 Å². The van der Waals surface area contributed by atoms with Crippen molar-refractivity contribution in [2.45, 2.75) is 82.2 Å². The van der Waals surface area contributed by atoms with Gasteiger partial charge in [0.2, 0.25) is 5.91 Å². The van der Waals surface area contributed by atoms with Crippen LogP contribution in [0.15, 0.2) is 30.5 Å². The molecule has 1 saturated carbocycles. The van der Waals surface area contributed by atoms with Crippen LogP contribution in [0.25, 0.3) is 0 Å². The molecule has 3 fully saturated rings. The number of benzene rings is 1. The highest BCUT2D eigenvalue weighted by molar-refractivity contribution is 5.96. The number of aromatic nitrogens is 2. The lowest BCUT2D eigenvalue weighted by Crippen LogP contribution is -2.49. The van der Waals surface area contributed by atoms with Crippen molar-refractivity contribution < 1.29 is 14.7 Å². The van der Waals surface area contributed by atoms with Crippen molar-refractivity contribution in [3.05, 3.63) is 41.7 Å². The Balaban J connectivity index is 1.31. The quantitative estimate of drug-likeness (QED) is 0.412. The van der Waals surface area contributed by atoms with Gasteiger partial charge in [-0.25, -0.2) is 9.97 Å². The maximum Gasteiger partial charge on any atom is 0.271 e. The standard InChI is InChI=1S/C32H47N7O3/c1-32(14-17-38(18-15-32)25-8-4-5-9-25)23-10-12-24(13-11-23)35-31-29(30(33)42)34-20-27(36-31)39-16-6-7-22(26(39)21-40)19-28(41)37(2)3/h10-13,20,22,25-26,40H,4-9,14-19,21H2,1-3H3,(H2,33,42)(H,35,36)/t22-,26+/m1/s1. The number of anilines is 3. The van der Waals surface area contributed by atoms with Gasteiger partial charge in [0, 0.05) is 38.8 Å². The van der Waals surface area contributed by atoms with Crippen LogP contribution in [0.5, 0.6) is 0 Å². The fourth-order valence-electron chi connectivity index (χ4n) is 7.13. The molecule has 2 aliphatic heterocycles. The second-order valence-corrected chi connectivity index (χ2v) is 12.9. The zero-order valence-corrected chi connectivity index (χ0v) is 25.4. The van der Waals surface area contributed by atoms with Gasteiger partial charge in [-0.05, 0) is 80.6 Å². The third-order valence-electron chi connectivity index (χ3n) is 9.92. The van der Waals surface area contributed by atoms with Crippen LogP contribution in [0.3, 0.4) is 0 Å². The first-order chi connectivity index (χ1) is 20.2. The molecule has 3 heterocycles. The predicted molar refractivity (Wildman–Crippen MR) is 165 cm³/mol. The number of rotatable bonds is 9. The van der Waals surface area contributed by atoms with E-state index in [2.05, 4.69) is 34.3 Å². The van der Waals surface area contributed by atoms with Crippen molar-refractivity contribution in [3.63, 3.8) is 0 Å². The van der Waals surface area contributed by atoms with Gasteiger partial charge in [0.1, 0.15) is 5.82 Å². The zero-order chi connectivity index (χ0) is 29.9. The summed E-state index contributed by atoms with van der Waals surface area (Å²) in [6.07, 6.45) is 11.4. The van der Waals surface area contributed by atoms with Crippen LogP contribution < -0.4 is 16.0 Å². The number of piperidine rings is 2. The Kier molecular flexibility index (Phi) is 9.32. The Hall–Kier alpha value is -3.24. The largest absolute Gasteiger partial charge is 0.394 e. The van der Waals surface area contributed by atoms with Crippen molar-refractivity contribution in [2.75, 3.05) is 50.6 Å². The molecule has 10 heteroatoms. The van der Waals surface area contributed by atoms with Crippen molar-refractivity contribution in [1.82, 2.24) is 19.8 Å². The van der Waals surface area contributed by atoms with Gasteiger partial charge in [-0.2, -0.15) is 0 Å². The second kappa shape index (κ2) is 13.0. The number of hydrogen-bond donors (Lipinski definition) is 3. The van der Waals surface area contributed by atoms with Crippen molar-refractivity contribution >= 4 is 29.1 Å². The second-order valence-electron chi connectivity index (χ2n) is 12.9. The molecule has 2 aromatic rings. The lowest BCUT2D eigenvalue weighted by molar-refractivity contribution is -0.130. The molecule has 1 aromatic carbocycles. The molecule has 2 saturated heterocycles. The van der Waals surface area contributed by atoms with Gasteiger partial charge in [0.15, 0.2) is 11.5 Å². The van der Waals surface area contributed by atoms with E-state index >= 15 is 0 Å². The third-order valence-corrected chi connectivity index (χ3v) is 9.92. The maximum absolute atomic E-state index is 12.4. The smallest absolute Gasteiger partial charge is 0.271 e. The van der Waals surface area contributed by atoms with Gasteiger partial charge in [-0.1, -0.05) is 31.9 Å². The van der Waals surface area contributed by atoms with Crippen LogP contribution in [0.4, 0.5) is 17.3 Å². The molecule has 228 valence electrons. The molecule has 4 N–H and O–H groups in total. The molecular formula is C32H47N7O3. The lowest BCUT2D eigenvalue weighted by Gasteiger charge is -2.42. The van der Waals surface area contributed by atoms with E-state index in [0.717, 1.165) is 50.5 Å². The number of aliphatic hydroxyl groups is 1. The summed E-state index contributed by atoms with van der Waals surface area (Å²) in [6, 6.07) is 8.92. The van der Waals surface area contributed by atoms with Crippen molar-refractivity contribution in [3.8, 4) is 0 Å². The number of primary amides is 1. The maximum atomic E-state index is 12.4. The summed E-state index contributed by atoms with van der Waals surface area (Å²) >= 11 is 0. The molecule has 0 spiro atoms. The van der Waals surface area contributed by atoms with Crippen LogP contribution >= 0.6 is 0 Å². The van der Waals surface area contributed by atoms with E-state index < -0.39 is 5.91 Å². The van der Waals surface area contributed by atoms with E-state index in [4.69, 9.17) is 10.7 Å². The number of amides is 2. The molecule has 0 bridgehead atoms. The van der Waals surface area contributed by atoms with Gasteiger partial charge in [-0.15, -0.1) is 0 Å². The Morgan fingerprint density at radius 1 is 1.07 bits per heavy atom. The highest BCUT2D eigenvalue weighted by Crippen LogP contribution is 2.38. The third kappa shape index (κ3) is 6.54. The molecule has 2 atom stereocenters. The minimum Gasteiger partial charge on any atom is -0.394 e. The Morgan fingerprint density at radius 3 is 2.38 bits per heavy atom. The minimum absolute atomic E-state index is 0.00776. The molecule has 0 unspecified atom stereocenters. The first kappa shape index (κ1) is 30.2. The highest BCUT2D eigenvalue weighted by atomic mass is 16.3. The van der Waals surface area contributed by atoms with Crippen LogP contribution in [0, 0.1) is 5.92 Å². The zero-order valence-electron chi connectivity index (χ0n) is 25.4. The number of nitrogens with two attached hydrogens (primary N) is 1.